The maximum atomic E-state index is 12.0. The van der Waals surface area contributed by atoms with E-state index in [-0.39, 0.29) is 6.79 Å². The van der Waals surface area contributed by atoms with Crippen molar-refractivity contribution in [3.05, 3.63) is 23.8 Å². The number of alkyl carbamates (subject to hydrolysis) is 1. The summed E-state index contributed by atoms with van der Waals surface area (Å²) in [6.07, 6.45) is -0.723. The molecule has 2 rings (SSSR count). The van der Waals surface area contributed by atoms with Gasteiger partial charge in [-0.1, -0.05) is 12.1 Å². The van der Waals surface area contributed by atoms with E-state index in [2.05, 4.69) is 5.32 Å². The summed E-state index contributed by atoms with van der Waals surface area (Å²) in [5.41, 5.74) is -0.226. The van der Waals surface area contributed by atoms with Gasteiger partial charge in [0, 0.05) is 5.56 Å². The Balaban J connectivity index is 2.26. The first-order valence-electron chi connectivity index (χ1n) is 6.77. The molecule has 1 aliphatic heterocycles. The fraction of sp³-hybridized carbons (Fsp3) is 0.467. The molecule has 0 bridgehead atoms. The lowest BCUT2D eigenvalue weighted by atomic mass is 10.1. The van der Waals surface area contributed by atoms with Crippen molar-refractivity contribution in [3.8, 4) is 11.5 Å². The Morgan fingerprint density at radius 2 is 2.00 bits per heavy atom. The first-order chi connectivity index (χ1) is 10.3. The van der Waals surface area contributed by atoms with Gasteiger partial charge in [-0.05, 0) is 26.8 Å². The van der Waals surface area contributed by atoms with Crippen molar-refractivity contribution < 1.29 is 28.5 Å². The van der Waals surface area contributed by atoms with Gasteiger partial charge >= 0.3 is 12.1 Å². The van der Waals surface area contributed by atoms with Gasteiger partial charge in [0.1, 0.15) is 5.60 Å². The summed E-state index contributed by atoms with van der Waals surface area (Å²) in [5, 5.41) is 2.50. The van der Waals surface area contributed by atoms with E-state index in [0.717, 1.165) is 0 Å². The molecule has 1 atom stereocenters. The molecule has 0 aromatic heterocycles. The lowest BCUT2D eigenvalue weighted by Crippen LogP contribution is -2.38. The quantitative estimate of drug-likeness (QED) is 0.861. The van der Waals surface area contributed by atoms with Crippen molar-refractivity contribution in [1.29, 1.82) is 0 Å². The highest BCUT2D eigenvalue weighted by atomic mass is 16.7. The largest absolute Gasteiger partial charge is 0.467 e. The van der Waals surface area contributed by atoms with Crippen molar-refractivity contribution in [3.63, 3.8) is 0 Å². The molecule has 0 radical (unpaired) electrons. The third-order valence-electron chi connectivity index (χ3n) is 2.84. The molecule has 0 saturated carbocycles. The molecule has 7 heteroatoms. The van der Waals surface area contributed by atoms with E-state index < -0.39 is 23.7 Å². The summed E-state index contributed by atoms with van der Waals surface area (Å²) in [4.78, 5) is 24.0. The van der Waals surface area contributed by atoms with Crippen LogP contribution in [0.3, 0.4) is 0 Å². The third-order valence-corrected chi connectivity index (χ3v) is 2.84. The van der Waals surface area contributed by atoms with E-state index >= 15 is 0 Å². The summed E-state index contributed by atoms with van der Waals surface area (Å²) in [7, 11) is 1.24. The van der Waals surface area contributed by atoms with Crippen molar-refractivity contribution in [1.82, 2.24) is 5.32 Å². The van der Waals surface area contributed by atoms with E-state index in [9.17, 15) is 9.59 Å². The van der Waals surface area contributed by atoms with Crippen molar-refractivity contribution in [2.24, 2.45) is 0 Å². The summed E-state index contributed by atoms with van der Waals surface area (Å²) in [6, 6.07) is 4.03. The standard InChI is InChI=1S/C15H19NO6/c1-15(2,3)22-14(18)16-11(13(17)19-4)9-6-5-7-10-12(9)21-8-20-10/h5-7,11H,8H2,1-4H3,(H,16,18). The number of amides is 1. The van der Waals surface area contributed by atoms with Crippen molar-refractivity contribution in [2.75, 3.05) is 13.9 Å². The highest BCUT2D eigenvalue weighted by Gasteiger charge is 2.31. The van der Waals surface area contributed by atoms with Crippen molar-refractivity contribution in [2.45, 2.75) is 32.4 Å². The monoisotopic (exact) mass is 309 g/mol. The molecule has 0 fully saturated rings. The Bertz CT molecular complexity index is 578. The van der Waals surface area contributed by atoms with Crippen LogP contribution in [0.5, 0.6) is 11.5 Å². The number of carbonyl (C=O) groups is 2. The van der Waals surface area contributed by atoms with Gasteiger partial charge in [-0.2, -0.15) is 0 Å². The number of hydrogen-bond donors (Lipinski definition) is 1. The van der Waals surface area contributed by atoms with Gasteiger partial charge in [-0.3, -0.25) is 0 Å². The summed E-state index contributed by atoms with van der Waals surface area (Å²) in [6.45, 7) is 5.26. The Kier molecular flexibility index (Phi) is 4.44. The Hall–Kier alpha value is -2.44. The second kappa shape index (κ2) is 6.13. The Morgan fingerprint density at radius 3 is 2.64 bits per heavy atom. The van der Waals surface area contributed by atoms with Crippen molar-refractivity contribution >= 4 is 12.1 Å². The highest BCUT2D eigenvalue weighted by molar-refractivity contribution is 5.84. The molecule has 0 spiro atoms. The second-order valence-corrected chi connectivity index (χ2v) is 5.68. The van der Waals surface area contributed by atoms with Crippen LogP contribution in [-0.2, 0) is 14.3 Å². The SMILES string of the molecule is COC(=O)C(NC(=O)OC(C)(C)C)c1cccc2c1OCO2. The van der Waals surface area contributed by atoms with E-state index in [1.54, 1.807) is 39.0 Å². The van der Waals surface area contributed by atoms with Crippen LogP contribution < -0.4 is 14.8 Å². The minimum atomic E-state index is -1.04. The lowest BCUT2D eigenvalue weighted by molar-refractivity contribution is -0.143. The van der Waals surface area contributed by atoms with Crippen LogP contribution in [0.25, 0.3) is 0 Å². The molecule has 1 heterocycles. The highest BCUT2D eigenvalue weighted by Crippen LogP contribution is 2.38. The van der Waals surface area contributed by atoms with Gasteiger partial charge in [0.25, 0.3) is 0 Å². The van der Waals surface area contributed by atoms with E-state index in [0.29, 0.717) is 17.1 Å². The van der Waals surface area contributed by atoms with Gasteiger partial charge < -0.3 is 24.3 Å². The lowest BCUT2D eigenvalue weighted by Gasteiger charge is -2.23. The Labute approximate surface area is 128 Å². The Morgan fingerprint density at radius 1 is 1.27 bits per heavy atom. The maximum absolute atomic E-state index is 12.0. The first kappa shape index (κ1) is 15.9. The van der Waals surface area contributed by atoms with E-state index in [1.165, 1.54) is 7.11 Å². The molecule has 1 aliphatic rings. The zero-order valence-corrected chi connectivity index (χ0v) is 13.0. The predicted octanol–water partition coefficient (Wildman–Crippen LogP) is 2.15. The van der Waals surface area contributed by atoms with Gasteiger partial charge in [0.2, 0.25) is 6.79 Å². The number of carbonyl (C=O) groups excluding carboxylic acids is 2. The number of hydrogen-bond acceptors (Lipinski definition) is 6. The first-order valence-corrected chi connectivity index (χ1v) is 6.77. The molecule has 1 unspecified atom stereocenters. The van der Waals surface area contributed by atoms with Gasteiger partial charge in [0.05, 0.1) is 7.11 Å². The number of methoxy groups -OCH3 is 1. The number of rotatable bonds is 3. The molecule has 1 aromatic rings. The number of fused-ring (bicyclic) bond motifs is 1. The molecule has 0 aliphatic carbocycles. The molecule has 1 amide bonds. The third kappa shape index (κ3) is 3.60. The molecule has 7 nitrogen and oxygen atoms in total. The number of nitrogens with one attached hydrogen (secondary N) is 1. The summed E-state index contributed by atoms with van der Waals surface area (Å²) < 4.78 is 20.6. The van der Waals surface area contributed by atoms with Gasteiger partial charge in [0.15, 0.2) is 17.5 Å². The van der Waals surface area contributed by atoms with Crippen LogP contribution in [-0.4, -0.2) is 31.6 Å². The number of benzene rings is 1. The van der Waals surface area contributed by atoms with Gasteiger partial charge in [-0.25, -0.2) is 9.59 Å². The van der Waals surface area contributed by atoms with E-state index in [4.69, 9.17) is 18.9 Å². The summed E-state index contributed by atoms with van der Waals surface area (Å²) >= 11 is 0. The maximum Gasteiger partial charge on any atom is 0.408 e. The van der Waals surface area contributed by atoms with Crippen LogP contribution in [0, 0.1) is 0 Å². The van der Waals surface area contributed by atoms with E-state index in [1.807, 2.05) is 0 Å². The molecule has 120 valence electrons. The number of esters is 1. The van der Waals surface area contributed by atoms with Crippen LogP contribution in [0.1, 0.15) is 32.4 Å². The number of ether oxygens (including phenoxy) is 4. The minimum absolute atomic E-state index is 0.0622. The van der Waals surface area contributed by atoms with Gasteiger partial charge in [-0.15, -0.1) is 0 Å². The fourth-order valence-electron chi connectivity index (χ4n) is 1.99. The molecule has 1 aromatic carbocycles. The van der Waals surface area contributed by atoms with Crippen LogP contribution in [0.15, 0.2) is 18.2 Å². The topological polar surface area (TPSA) is 83.1 Å². The van der Waals surface area contributed by atoms with Crippen LogP contribution in [0.4, 0.5) is 4.79 Å². The fourth-order valence-corrected chi connectivity index (χ4v) is 1.99. The molecular formula is C15H19NO6. The molecular weight excluding hydrogens is 290 g/mol. The molecule has 22 heavy (non-hydrogen) atoms. The summed E-state index contributed by atoms with van der Waals surface area (Å²) in [5.74, 6) is 0.293. The van der Waals surface area contributed by atoms with Crippen LogP contribution >= 0.6 is 0 Å². The molecule has 1 N–H and O–H groups in total. The predicted molar refractivity (Wildman–Crippen MR) is 76.7 cm³/mol. The minimum Gasteiger partial charge on any atom is -0.467 e. The average Bonchev–Trinajstić information content (AvgIpc) is 2.90. The smallest absolute Gasteiger partial charge is 0.408 e. The zero-order chi connectivity index (χ0) is 16.3. The zero-order valence-electron chi connectivity index (χ0n) is 13.0. The average molecular weight is 309 g/mol. The number of para-hydroxylation sites is 1. The molecule has 0 saturated heterocycles. The van der Waals surface area contributed by atoms with Crippen LogP contribution in [0.2, 0.25) is 0 Å². The second-order valence-electron chi connectivity index (χ2n) is 5.68. The normalized spacial score (nSPS) is 14.2.